The standard InChI is InChI=1S/C10H12N4O2S2/c1-4-6-12-13-9(17-6)11-8(15)7-5(2)14(3)10(16)18-7/h4H2,1-3H3,(H,11,13,15). The molecule has 1 amide bonds. The van der Waals surface area contributed by atoms with Crippen molar-refractivity contribution in [1.82, 2.24) is 14.8 Å². The molecule has 0 aliphatic heterocycles. The van der Waals surface area contributed by atoms with E-state index in [-0.39, 0.29) is 10.8 Å². The van der Waals surface area contributed by atoms with E-state index < -0.39 is 0 Å². The molecule has 0 aliphatic carbocycles. The number of thiazole rings is 1. The minimum atomic E-state index is -0.311. The van der Waals surface area contributed by atoms with Gasteiger partial charge in [0.15, 0.2) is 0 Å². The fourth-order valence-corrected chi connectivity index (χ4v) is 2.88. The molecule has 0 unspecified atom stereocenters. The molecule has 18 heavy (non-hydrogen) atoms. The number of aryl methyl sites for hydroxylation is 1. The van der Waals surface area contributed by atoms with Crippen LogP contribution in [0.2, 0.25) is 0 Å². The average Bonchev–Trinajstić information content (AvgIpc) is 2.89. The van der Waals surface area contributed by atoms with E-state index in [9.17, 15) is 9.59 Å². The zero-order chi connectivity index (χ0) is 13.3. The minimum absolute atomic E-state index is 0.149. The largest absolute Gasteiger partial charge is 0.307 e. The molecule has 0 bridgehead atoms. The Kier molecular flexibility index (Phi) is 3.58. The monoisotopic (exact) mass is 284 g/mol. The number of amides is 1. The van der Waals surface area contributed by atoms with E-state index in [0.29, 0.717) is 15.7 Å². The fourth-order valence-electron chi connectivity index (χ4n) is 1.33. The Labute approximate surface area is 111 Å². The van der Waals surface area contributed by atoms with Crippen LogP contribution in [-0.2, 0) is 13.5 Å². The highest BCUT2D eigenvalue weighted by Crippen LogP contribution is 2.18. The molecule has 0 aromatic carbocycles. The lowest BCUT2D eigenvalue weighted by Gasteiger charge is -1.99. The SMILES string of the molecule is CCc1nnc(NC(=O)c2sc(=O)n(C)c2C)s1. The highest BCUT2D eigenvalue weighted by molar-refractivity contribution is 7.15. The topological polar surface area (TPSA) is 76.9 Å². The van der Waals surface area contributed by atoms with E-state index in [2.05, 4.69) is 15.5 Å². The number of anilines is 1. The molecule has 0 atom stereocenters. The van der Waals surface area contributed by atoms with E-state index in [0.717, 1.165) is 22.8 Å². The zero-order valence-electron chi connectivity index (χ0n) is 10.2. The Morgan fingerprint density at radius 1 is 1.39 bits per heavy atom. The molecule has 0 saturated heterocycles. The van der Waals surface area contributed by atoms with Gasteiger partial charge in [-0.1, -0.05) is 29.6 Å². The van der Waals surface area contributed by atoms with Gasteiger partial charge in [-0.3, -0.25) is 14.9 Å². The summed E-state index contributed by atoms with van der Waals surface area (Å²) in [7, 11) is 1.64. The van der Waals surface area contributed by atoms with Crippen molar-refractivity contribution in [3.8, 4) is 0 Å². The van der Waals surface area contributed by atoms with Gasteiger partial charge in [0.1, 0.15) is 9.88 Å². The quantitative estimate of drug-likeness (QED) is 0.924. The van der Waals surface area contributed by atoms with E-state index in [4.69, 9.17) is 0 Å². The molecular formula is C10H12N4O2S2. The second kappa shape index (κ2) is 4.99. The number of rotatable bonds is 3. The van der Waals surface area contributed by atoms with Gasteiger partial charge in [-0.15, -0.1) is 10.2 Å². The third kappa shape index (κ3) is 2.34. The zero-order valence-corrected chi connectivity index (χ0v) is 11.8. The van der Waals surface area contributed by atoms with Gasteiger partial charge in [-0.05, 0) is 13.3 Å². The summed E-state index contributed by atoms with van der Waals surface area (Å²) in [5.74, 6) is -0.311. The van der Waals surface area contributed by atoms with Gasteiger partial charge < -0.3 is 4.57 Å². The Balaban J connectivity index is 2.21. The first-order valence-electron chi connectivity index (χ1n) is 5.33. The van der Waals surface area contributed by atoms with Crippen molar-refractivity contribution in [2.24, 2.45) is 7.05 Å². The molecule has 2 rings (SSSR count). The van der Waals surface area contributed by atoms with Crippen molar-refractivity contribution in [3.05, 3.63) is 25.2 Å². The third-order valence-corrected chi connectivity index (χ3v) is 4.61. The number of nitrogens with one attached hydrogen (secondary N) is 1. The van der Waals surface area contributed by atoms with Gasteiger partial charge in [0.2, 0.25) is 5.13 Å². The predicted octanol–water partition coefficient (Wildman–Crippen LogP) is 1.42. The van der Waals surface area contributed by atoms with Gasteiger partial charge in [0.25, 0.3) is 5.91 Å². The molecule has 2 heterocycles. The van der Waals surface area contributed by atoms with E-state index >= 15 is 0 Å². The molecule has 0 fully saturated rings. The predicted molar refractivity (Wildman–Crippen MR) is 71.5 cm³/mol. The van der Waals surface area contributed by atoms with Crippen LogP contribution in [0.5, 0.6) is 0 Å². The fraction of sp³-hybridized carbons (Fsp3) is 0.400. The van der Waals surface area contributed by atoms with Gasteiger partial charge in [0.05, 0.1) is 0 Å². The maximum absolute atomic E-state index is 12.0. The van der Waals surface area contributed by atoms with Crippen molar-refractivity contribution in [1.29, 1.82) is 0 Å². The molecular weight excluding hydrogens is 272 g/mol. The van der Waals surface area contributed by atoms with Crippen LogP contribution >= 0.6 is 22.7 Å². The molecule has 6 nitrogen and oxygen atoms in total. The number of aromatic nitrogens is 3. The van der Waals surface area contributed by atoms with Gasteiger partial charge in [-0.25, -0.2) is 0 Å². The lowest BCUT2D eigenvalue weighted by atomic mass is 10.4. The molecule has 0 saturated carbocycles. The Bertz CT molecular complexity index is 641. The molecule has 2 aromatic rings. The first kappa shape index (κ1) is 12.9. The van der Waals surface area contributed by atoms with Gasteiger partial charge in [-0.2, -0.15) is 0 Å². The van der Waals surface area contributed by atoms with Crippen LogP contribution in [0, 0.1) is 6.92 Å². The van der Waals surface area contributed by atoms with Crippen LogP contribution < -0.4 is 10.2 Å². The smallest absolute Gasteiger partial charge is 0.306 e. The normalized spacial score (nSPS) is 10.6. The summed E-state index contributed by atoms with van der Waals surface area (Å²) < 4.78 is 1.46. The molecule has 0 spiro atoms. The second-order valence-electron chi connectivity index (χ2n) is 3.65. The maximum Gasteiger partial charge on any atom is 0.307 e. The minimum Gasteiger partial charge on any atom is -0.306 e. The maximum atomic E-state index is 12.0. The highest BCUT2D eigenvalue weighted by Gasteiger charge is 2.17. The van der Waals surface area contributed by atoms with Crippen molar-refractivity contribution in [2.45, 2.75) is 20.3 Å². The summed E-state index contributed by atoms with van der Waals surface area (Å²) in [6, 6.07) is 0. The molecule has 0 aliphatic rings. The molecule has 0 radical (unpaired) electrons. The van der Waals surface area contributed by atoms with Crippen LogP contribution in [0.1, 0.15) is 27.3 Å². The second-order valence-corrected chi connectivity index (χ2v) is 5.67. The average molecular weight is 284 g/mol. The van der Waals surface area contributed by atoms with Gasteiger partial charge in [0, 0.05) is 12.7 Å². The Morgan fingerprint density at radius 2 is 2.11 bits per heavy atom. The van der Waals surface area contributed by atoms with E-state index in [1.165, 1.54) is 15.9 Å². The Hall–Kier alpha value is -1.54. The molecule has 8 heteroatoms. The number of carbonyl (C=O) groups excluding carboxylic acids is 1. The number of hydrogen-bond acceptors (Lipinski definition) is 6. The lowest BCUT2D eigenvalue weighted by Crippen LogP contribution is -2.12. The van der Waals surface area contributed by atoms with Crippen LogP contribution in [0.15, 0.2) is 4.79 Å². The molecule has 96 valence electrons. The number of nitrogens with zero attached hydrogens (tertiary/aromatic N) is 3. The molecule has 1 N–H and O–H groups in total. The van der Waals surface area contributed by atoms with Crippen molar-refractivity contribution in [3.63, 3.8) is 0 Å². The summed E-state index contributed by atoms with van der Waals surface area (Å²) in [6.07, 6.45) is 0.783. The lowest BCUT2D eigenvalue weighted by molar-refractivity contribution is 0.102. The van der Waals surface area contributed by atoms with Crippen LogP contribution in [0.25, 0.3) is 0 Å². The summed E-state index contributed by atoms with van der Waals surface area (Å²) in [5, 5.41) is 11.8. The van der Waals surface area contributed by atoms with Crippen molar-refractivity contribution in [2.75, 3.05) is 5.32 Å². The third-order valence-electron chi connectivity index (χ3n) is 2.49. The Morgan fingerprint density at radius 3 is 2.61 bits per heavy atom. The first-order chi connectivity index (χ1) is 8.52. The van der Waals surface area contributed by atoms with E-state index in [1.54, 1.807) is 14.0 Å². The van der Waals surface area contributed by atoms with Crippen LogP contribution in [0.4, 0.5) is 5.13 Å². The first-order valence-corrected chi connectivity index (χ1v) is 6.96. The highest BCUT2D eigenvalue weighted by atomic mass is 32.1. The number of carbonyl (C=O) groups is 1. The molecule has 2 aromatic heterocycles. The summed E-state index contributed by atoms with van der Waals surface area (Å²) in [4.78, 5) is 23.7. The van der Waals surface area contributed by atoms with Crippen molar-refractivity contribution < 1.29 is 4.79 Å². The van der Waals surface area contributed by atoms with Crippen molar-refractivity contribution >= 4 is 33.7 Å². The summed E-state index contributed by atoms with van der Waals surface area (Å²) >= 11 is 2.27. The van der Waals surface area contributed by atoms with E-state index in [1.807, 2.05) is 6.92 Å². The van der Waals surface area contributed by atoms with Crippen LogP contribution in [-0.4, -0.2) is 20.7 Å². The summed E-state index contributed by atoms with van der Waals surface area (Å²) in [5.41, 5.74) is 0.655. The van der Waals surface area contributed by atoms with Gasteiger partial charge >= 0.3 is 4.87 Å². The van der Waals surface area contributed by atoms with Crippen LogP contribution in [0.3, 0.4) is 0 Å². The summed E-state index contributed by atoms with van der Waals surface area (Å²) in [6.45, 7) is 3.71. The number of hydrogen-bond donors (Lipinski definition) is 1.